The van der Waals surface area contributed by atoms with Crippen molar-refractivity contribution in [1.82, 2.24) is 4.90 Å². The average Bonchev–Trinajstić information content (AvgIpc) is 2.83. The topological polar surface area (TPSA) is 35.6 Å². The zero-order chi connectivity index (χ0) is 22.2. The number of carbonyl (C=O) groups excluding carboxylic acids is 1. The van der Waals surface area contributed by atoms with Crippen LogP contribution in [0.4, 0.5) is 17.1 Å². The van der Waals surface area contributed by atoms with Gasteiger partial charge >= 0.3 is 0 Å². The molecule has 1 N–H and O–H groups in total. The van der Waals surface area contributed by atoms with Crippen LogP contribution in [0.15, 0.2) is 84.9 Å². The van der Waals surface area contributed by atoms with E-state index >= 15 is 0 Å². The first kappa shape index (κ1) is 22.1. The molecule has 1 aliphatic heterocycles. The Bertz CT molecular complexity index is 942. The van der Waals surface area contributed by atoms with Gasteiger partial charge in [-0.15, -0.1) is 0 Å². The Morgan fingerprint density at radius 1 is 0.875 bits per heavy atom. The molecule has 0 atom stereocenters. The highest BCUT2D eigenvalue weighted by Crippen LogP contribution is 2.26. The first-order valence-corrected chi connectivity index (χ1v) is 11.6. The maximum atomic E-state index is 12.5. The van der Waals surface area contributed by atoms with Crippen molar-refractivity contribution in [2.75, 3.05) is 36.4 Å². The monoisotopic (exact) mass is 427 g/mol. The van der Waals surface area contributed by atoms with Gasteiger partial charge in [-0.2, -0.15) is 0 Å². The third kappa shape index (κ3) is 5.98. The molecule has 4 rings (SSSR count). The van der Waals surface area contributed by atoms with Gasteiger partial charge in [0.2, 0.25) is 5.91 Å². The summed E-state index contributed by atoms with van der Waals surface area (Å²) in [5.74, 6) is 0.603. The third-order valence-electron chi connectivity index (χ3n) is 6.38. The summed E-state index contributed by atoms with van der Waals surface area (Å²) in [6, 6.07) is 29.2. The van der Waals surface area contributed by atoms with Crippen LogP contribution in [0, 0.1) is 12.8 Å². The van der Waals surface area contributed by atoms with Crippen molar-refractivity contribution in [2.45, 2.75) is 26.2 Å². The van der Waals surface area contributed by atoms with Gasteiger partial charge in [-0.1, -0.05) is 54.6 Å². The second kappa shape index (κ2) is 11.0. The zero-order valence-electron chi connectivity index (χ0n) is 18.9. The fourth-order valence-electron chi connectivity index (χ4n) is 4.46. The molecule has 3 aromatic rings. The molecular weight excluding hydrogens is 394 g/mol. The number of rotatable bonds is 8. The Balaban J connectivity index is 1.27. The molecule has 0 radical (unpaired) electrons. The Kier molecular flexibility index (Phi) is 7.57. The van der Waals surface area contributed by atoms with Gasteiger partial charge in [0.05, 0.1) is 0 Å². The summed E-state index contributed by atoms with van der Waals surface area (Å²) >= 11 is 0. The van der Waals surface area contributed by atoms with Gasteiger partial charge < -0.3 is 15.1 Å². The van der Waals surface area contributed by atoms with E-state index in [2.05, 4.69) is 75.8 Å². The number of likely N-dealkylation sites (tertiary alicyclic amines) is 1. The SMILES string of the molecule is Cc1ccccc1NC(=O)CC1CCN(CCN(c2ccccc2)c2ccccc2)CC1. The molecule has 0 saturated carbocycles. The molecule has 4 nitrogen and oxygen atoms in total. The molecular formula is C28H33N3O. The molecule has 32 heavy (non-hydrogen) atoms. The van der Waals surface area contributed by atoms with Crippen molar-refractivity contribution in [3.63, 3.8) is 0 Å². The van der Waals surface area contributed by atoms with Gasteiger partial charge in [0.1, 0.15) is 0 Å². The summed E-state index contributed by atoms with van der Waals surface area (Å²) in [5, 5.41) is 3.09. The number of anilines is 3. The van der Waals surface area contributed by atoms with E-state index in [1.165, 1.54) is 11.4 Å². The summed E-state index contributed by atoms with van der Waals surface area (Å²) in [7, 11) is 0. The molecule has 1 amide bonds. The summed E-state index contributed by atoms with van der Waals surface area (Å²) in [4.78, 5) is 17.4. The number of carbonyl (C=O) groups is 1. The molecule has 4 heteroatoms. The fraction of sp³-hybridized carbons (Fsp3) is 0.321. The van der Waals surface area contributed by atoms with Crippen LogP contribution in [0.1, 0.15) is 24.8 Å². The lowest BCUT2D eigenvalue weighted by atomic mass is 9.93. The fourth-order valence-corrected chi connectivity index (χ4v) is 4.46. The second-order valence-corrected chi connectivity index (χ2v) is 8.67. The highest BCUT2D eigenvalue weighted by molar-refractivity contribution is 5.91. The normalized spacial score (nSPS) is 14.8. The number of piperidine rings is 1. The average molecular weight is 428 g/mol. The van der Waals surface area contributed by atoms with Crippen LogP contribution < -0.4 is 10.2 Å². The molecule has 166 valence electrons. The van der Waals surface area contributed by atoms with Crippen molar-refractivity contribution in [2.24, 2.45) is 5.92 Å². The van der Waals surface area contributed by atoms with E-state index in [0.29, 0.717) is 12.3 Å². The lowest BCUT2D eigenvalue weighted by molar-refractivity contribution is -0.117. The number of para-hydroxylation sites is 3. The minimum atomic E-state index is 0.136. The quantitative estimate of drug-likeness (QED) is 0.488. The summed E-state index contributed by atoms with van der Waals surface area (Å²) in [6.45, 7) is 6.11. The molecule has 0 unspecified atom stereocenters. The number of amides is 1. The minimum absolute atomic E-state index is 0.136. The van der Waals surface area contributed by atoms with Crippen LogP contribution in [0.25, 0.3) is 0 Å². The van der Waals surface area contributed by atoms with Gasteiger partial charge in [-0.3, -0.25) is 4.79 Å². The highest BCUT2D eigenvalue weighted by Gasteiger charge is 2.22. The predicted octanol–water partition coefficient (Wildman–Crippen LogP) is 5.87. The molecule has 1 heterocycles. The van der Waals surface area contributed by atoms with Gasteiger partial charge in [0, 0.05) is 36.6 Å². The van der Waals surface area contributed by atoms with Gasteiger partial charge in [0.25, 0.3) is 0 Å². The number of benzene rings is 3. The molecule has 3 aromatic carbocycles. The van der Waals surface area contributed by atoms with E-state index in [1.54, 1.807) is 0 Å². The van der Waals surface area contributed by atoms with Crippen molar-refractivity contribution < 1.29 is 4.79 Å². The van der Waals surface area contributed by atoms with Crippen LogP contribution in [0.5, 0.6) is 0 Å². The van der Waals surface area contributed by atoms with E-state index < -0.39 is 0 Å². The van der Waals surface area contributed by atoms with Crippen LogP contribution in [0.2, 0.25) is 0 Å². The van der Waals surface area contributed by atoms with Crippen LogP contribution in [-0.2, 0) is 4.79 Å². The van der Waals surface area contributed by atoms with E-state index in [9.17, 15) is 4.79 Å². The van der Waals surface area contributed by atoms with Crippen LogP contribution >= 0.6 is 0 Å². The first-order valence-electron chi connectivity index (χ1n) is 11.6. The van der Waals surface area contributed by atoms with Crippen LogP contribution in [0.3, 0.4) is 0 Å². The van der Waals surface area contributed by atoms with E-state index in [1.807, 2.05) is 31.2 Å². The maximum absolute atomic E-state index is 12.5. The number of aryl methyl sites for hydroxylation is 1. The lowest BCUT2D eigenvalue weighted by Gasteiger charge is -2.34. The Morgan fingerprint density at radius 2 is 1.44 bits per heavy atom. The smallest absolute Gasteiger partial charge is 0.224 e. The number of nitrogens with one attached hydrogen (secondary N) is 1. The molecule has 1 saturated heterocycles. The summed E-state index contributed by atoms with van der Waals surface area (Å²) in [5.41, 5.74) is 4.48. The molecule has 0 bridgehead atoms. The van der Waals surface area contributed by atoms with Gasteiger partial charge in [-0.25, -0.2) is 0 Å². The van der Waals surface area contributed by atoms with Gasteiger partial charge in [-0.05, 0) is 74.7 Å². The number of nitrogens with zero attached hydrogens (tertiary/aromatic N) is 2. The minimum Gasteiger partial charge on any atom is -0.340 e. The molecule has 0 aliphatic carbocycles. The molecule has 1 aliphatic rings. The van der Waals surface area contributed by atoms with E-state index in [0.717, 1.165) is 50.3 Å². The van der Waals surface area contributed by atoms with E-state index in [-0.39, 0.29) is 5.91 Å². The summed E-state index contributed by atoms with van der Waals surface area (Å²) < 4.78 is 0. The number of hydrogen-bond acceptors (Lipinski definition) is 3. The number of hydrogen-bond donors (Lipinski definition) is 1. The van der Waals surface area contributed by atoms with Crippen molar-refractivity contribution in [3.8, 4) is 0 Å². The highest BCUT2D eigenvalue weighted by atomic mass is 16.1. The third-order valence-corrected chi connectivity index (χ3v) is 6.38. The van der Waals surface area contributed by atoms with Crippen molar-refractivity contribution in [3.05, 3.63) is 90.5 Å². The molecule has 1 fully saturated rings. The Labute approximate surface area is 191 Å². The van der Waals surface area contributed by atoms with E-state index in [4.69, 9.17) is 0 Å². The lowest BCUT2D eigenvalue weighted by Crippen LogP contribution is -2.39. The molecule has 0 aromatic heterocycles. The zero-order valence-corrected chi connectivity index (χ0v) is 18.9. The second-order valence-electron chi connectivity index (χ2n) is 8.67. The van der Waals surface area contributed by atoms with Crippen molar-refractivity contribution >= 4 is 23.0 Å². The largest absolute Gasteiger partial charge is 0.340 e. The van der Waals surface area contributed by atoms with Gasteiger partial charge in [0.15, 0.2) is 0 Å². The first-order chi connectivity index (χ1) is 15.7. The Hall–Kier alpha value is -3.11. The summed E-state index contributed by atoms with van der Waals surface area (Å²) in [6.07, 6.45) is 2.78. The maximum Gasteiger partial charge on any atom is 0.224 e. The Morgan fingerprint density at radius 3 is 2.03 bits per heavy atom. The van der Waals surface area contributed by atoms with Crippen molar-refractivity contribution in [1.29, 1.82) is 0 Å². The molecule has 0 spiro atoms. The van der Waals surface area contributed by atoms with Crippen LogP contribution in [-0.4, -0.2) is 37.0 Å². The standard InChI is InChI=1S/C28H33N3O/c1-23-10-8-9-15-27(23)29-28(32)22-24-16-18-30(19-17-24)20-21-31(25-11-4-2-5-12-25)26-13-6-3-7-14-26/h2-15,24H,16-22H2,1H3,(H,29,32). The predicted molar refractivity (Wildman–Crippen MR) is 133 cm³/mol.